The number of phenolic OH excluding ortho intramolecular Hbond substituents is 1. The monoisotopic (exact) mass is 223 g/mol. The van der Waals surface area contributed by atoms with Gasteiger partial charge in [-0.25, -0.2) is 15.0 Å². The summed E-state index contributed by atoms with van der Waals surface area (Å²) in [6.07, 6.45) is 2.84. The van der Waals surface area contributed by atoms with Gasteiger partial charge in [-0.1, -0.05) is 30.3 Å². The summed E-state index contributed by atoms with van der Waals surface area (Å²) >= 11 is 0. The quantitative estimate of drug-likeness (QED) is 0.688. The predicted octanol–water partition coefficient (Wildman–Crippen LogP) is 2.40. The van der Waals surface area contributed by atoms with E-state index >= 15 is 0 Å². The molecule has 0 amide bonds. The third kappa shape index (κ3) is 1.59. The van der Waals surface area contributed by atoms with Crippen molar-refractivity contribution in [3.8, 4) is 17.1 Å². The number of aromatic nitrogens is 3. The number of rotatable bonds is 1. The van der Waals surface area contributed by atoms with E-state index in [2.05, 4.69) is 15.0 Å². The van der Waals surface area contributed by atoms with Gasteiger partial charge in [0.2, 0.25) is 0 Å². The van der Waals surface area contributed by atoms with Crippen LogP contribution in [-0.2, 0) is 0 Å². The van der Waals surface area contributed by atoms with E-state index in [1.54, 1.807) is 6.07 Å². The second-order valence-electron chi connectivity index (χ2n) is 3.64. The molecule has 3 rings (SSSR count). The number of nitrogens with zero attached hydrogens (tertiary/aromatic N) is 3. The summed E-state index contributed by atoms with van der Waals surface area (Å²) in [5.41, 5.74) is 0.644. The minimum atomic E-state index is 0.176. The molecule has 0 atom stereocenters. The second kappa shape index (κ2) is 3.83. The van der Waals surface area contributed by atoms with Crippen LogP contribution in [0.2, 0.25) is 0 Å². The minimum absolute atomic E-state index is 0.176. The van der Waals surface area contributed by atoms with Crippen LogP contribution in [0.1, 0.15) is 0 Å². The Bertz CT molecular complexity index is 668. The van der Waals surface area contributed by atoms with Gasteiger partial charge in [0.05, 0.1) is 5.56 Å². The van der Waals surface area contributed by atoms with Crippen molar-refractivity contribution >= 4 is 10.8 Å². The molecule has 1 aromatic heterocycles. The molecule has 82 valence electrons. The molecule has 4 nitrogen and oxygen atoms in total. The first-order chi connectivity index (χ1) is 8.36. The molecule has 0 bridgehead atoms. The highest BCUT2D eigenvalue weighted by Crippen LogP contribution is 2.33. The Morgan fingerprint density at radius 1 is 0.882 bits per heavy atom. The lowest BCUT2D eigenvalue weighted by Gasteiger charge is -2.07. The van der Waals surface area contributed by atoms with Crippen LogP contribution < -0.4 is 0 Å². The largest absolute Gasteiger partial charge is 0.507 e. The van der Waals surface area contributed by atoms with E-state index in [9.17, 15) is 5.11 Å². The average molecular weight is 223 g/mol. The Morgan fingerprint density at radius 2 is 1.65 bits per heavy atom. The molecule has 0 saturated heterocycles. The molecular weight excluding hydrogens is 214 g/mol. The zero-order chi connectivity index (χ0) is 11.7. The highest BCUT2D eigenvalue weighted by molar-refractivity contribution is 5.97. The van der Waals surface area contributed by atoms with E-state index in [1.807, 2.05) is 30.3 Å². The summed E-state index contributed by atoms with van der Waals surface area (Å²) < 4.78 is 0. The van der Waals surface area contributed by atoms with Gasteiger partial charge in [0, 0.05) is 0 Å². The first kappa shape index (κ1) is 9.72. The number of phenols is 1. The Hall–Kier alpha value is -2.49. The lowest BCUT2D eigenvalue weighted by atomic mass is 10.0. The molecular formula is C13H9N3O. The van der Waals surface area contributed by atoms with Crippen LogP contribution in [0.4, 0.5) is 0 Å². The van der Waals surface area contributed by atoms with Gasteiger partial charge in [-0.3, -0.25) is 0 Å². The molecule has 0 aliphatic rings. The summed E-state index contributed by atoms with van der Waals surface area (Å²) in [5, 5.41) is 11.9. The van der Waals surface area contributed by atoms with Gasteiger partial charge in [0.15, 0.2) is 5.82 Å². The maximum atomic E-state index is 9.96. The van der Waals surface area contributed by atoms with E-state index < -0.39 is 0 Å². The maximum absolute atomic E-state index is 9.96. The highest BCUT2D eigenvalue weighted by Gasteiger charge is 2.10. The number of benzene rings is 2. The van der Waals surface area contributed by atoms with Gasteiger partial charge >= 0.3 is 0 Å². The molecule has 1 N–H and O–H groups in total. The van der Waals surface area contributed by atoms with Crippen LogP contribution in [0, 0.1) is 0 Å². The van der Waals surface area contributed by atoms with Crippen LogP contribution >= 0.6 is 0 Å². The Labute approximate surface area is 97.6 Å². The van der Waals surface area contributed by atoms with Crippen molar-refractivity contribution in [3.05, 3.63) is 49.1 Å². The summed E-state index contributed by atoms with van der Waals surface area (Å²) in [7, 11) is 0. The van der Waals surface area contributed by atoms with Crippen molar-refractivity contribution in [3.63, 3.8) is 0 Å². The molecule has 17 heavy (non-hydrogen) atoms. The second-order valence-corrected chi connectivity index (χ2v) is 3.64. The van der Waals surface area contributed by atoms with Crippen LogP contribution in [0.5, 0.6) is 5.75 Å². The number of hydrogen-bond donors (Lipinski definition) is 1. The van der Waals surface area contributed by atoms with Crippen molar-refractivity contribution in [1.82, 2.24) is 15.0 Å². The Morgan fingerprint density at radius 3 is 2.47 bits per heavy atom. The van der Waals surface area contributed by atoms with Gasteiger partial charge in [-0.2, -0.15) is 0 Å². The van der Waals surface area contributed by atoms with Gasteiger partial charge in [0.1, 0.15) is 18.4 Å². The maximum Gasteiger partial charge on any atom is 0.166 e. The van der Waals surface area contributed by atoms with E-state index in [1.165, 1.54) is 12.7 Å². The third-order valence-electron chi connectivity index (χ3n) is 2.62. The van der Waals surface area contributed by atoms with Gasteiger partial charge < -0.3 is 5.11 Å². The molecule has 0 saturated carbocycles. The molecule has 0 aliphatic heterocycles. The molecule has 0 radical (unpaired) electrons. The lowest BCUT2D eigenvalue weighted by molar-refractivity contribution is 0.477. The summed E-state index contributed by atoms with van der Waals surface area (Å²) in [6.45, 7) is 0. The summed E-state index contributed by atoms with van der Waals surface area (Å²) in [5.74, 6) is 0.657. The fraction of sp³-hybridized carbons (Fsp3) is 0. The molecule has 0 spiro atoms. The van der Waals surface area contributed by atoms with Crippen LogP contribution in [0.15, 0.2) is 49.1 Å². The van der Waals surface area contributed by atoms with Crippen LogP contribution in [0.3, 0.4) is 0 Å². The van der Waals surface area contributed by atoms with Crippen molar-refractivity contribution in [2.75, 3.05) is 0 Å². The van der Waals surface area contributed by atoms with Gasteiger partial charge in [0.25, 0.3) is 0 Å². The number of fused-ring (bicyclic) bond motifs is 1. The SMILES string of the molecule is Oc1ccc2ccccc2c1-c1ncncn1. The first-order valence-corrected chi connectivity index (χ1v) is 5.19. The average Bonchev–Trinajstić information content (AvgIpc) is 2.39. The van der Waals surface area contributed by atoms with Crippen molar-refractivity contribution in [2.45, 2.75) is 0 Å². The zero-order valence-corrected chi connectivity index (χ0v) is 8.91. The summed E-state index contributed by atoms with van der Waals surface area (Å²) in [6, 6.07) is 11.3. The van der Waals surface area contributed by atoms with E-state index in [0.717, 1.165) is 10.8 Å². The fourth-order valence-electron chi connectivity index (χ4n) is 1.86. The predicted molar refractivity (Wildman–Crippen MR) is 64.4 cm³/mol. The fourth-order valence-corrected chi connectivity index (χ4v) is 1.86. The minimum Gasteiger partial charge on any atom is -0.507 e. The smallest absolute Gasteiger partial charge is 0.166 e. The van der Waals surface area contributed by atoms with Gasteiger partial charge in [-0.05, 0) is 16.8 Å². The van der Waals surface area contributed by atoms with E-state index in [-0.39, 0.29) is 5.75 Å². The Kier molecular flexibility index (Phi) is 2.19. The molecule has 4 heteroatoms. The number of aromatic hydroxyl groups is 1. The van der Waals surface area contributed by atoms with E-state index in [4.69, 9.17) is 0 Å². The standard InChI is InChI=1S/C13H9N3O/c17-11-6-5-9-3-1-2-4-10(9)12(11)13-15-7-14-8-16-13/h1-8,17H. The van der Waals surface area contributed by atoms with Crippen molar-refractivity contribution in [1.29, 1.82) is 0 Å². The van der Waals surface area contributed by atoms with Crippen LogP contribution in [0.25, 0.3) is 22.2 Å². The van der Waals surface area contributed by atoms with Gasteiger partial charge in [-0.15, -0.1) is 0 Å². The van der Waals surface area contributed by atoms with Crippen molar-refractivity contribution < 1.29 is 5.11 Å². The Balaban J connectivity index is 2.39. The summed E-state index contributed by atoms with van der Waals surface area (Å²) in [4.78, 5) is 11.9. The van der Waals surface area contributed by atoms with Crippen LogP contribution in [-0.4, -0.2) is 20.1 Å². The topological polar surface area (TPSA) is 58.9 Å². The zero-order valence-electron chi connectivity index (χ0n) is 8.91. The molecule has 2 aromatic carbocycles. The molecule has 3 aromatic rings. The van der Waals surface area contributed by atoms with Crippen molar-refractivity contribution in [2.24, 2.45) is 0 Å². The number of hydrogen-bond acceptors (Lipinski definition) is 4. The van der Waals surface area contributed by atoms with E-state index in [0.29, 0.717) is 11.4 Å². The molecule has 0 aliphatic carbocycles. The molecule has 0 unspecified atom stereocenters. The lowest BCUT2D eigenvalue weighted by Crippen LogP contribution is -1.90. The first-order valence-electron chi connectivity index (χ1n) is 5.19. The third-order valence-corrected chi connectivity index (χ3v) is 2.62. The highest BCUT2D eigenvalue weighted by atomic mass is 16.3. The normalized spacial score (nSPS) is 10.6. The molecule has 1 heterocycles. The molecule has 0 fully saturated rings.